The van der Waals surface area contributed by atoms with E-state index in [-0.39, 0.29) is 31.1 Å². The van der Waals surface area contributed by atoms with Gasteiger partial charge in [0.25, 0.3) is 0 Å². The van der Waals surface area contributed by atoms with E-state index in [1.165, 1.54) is 64.2 Å². The van der Waals surface area contributed by atoms with Crippen LogP contribution < -0.4 is 0 Å². The molecule has 0 aromatic rings. The van der Waals surface area contributed by atoms with E-state index >= 15 is 0 Å². The summed E-state index contributed by atoms with van der Waals surface area (Å²) in [5, 5.41) is 0. The molecule has 6 nitrogen and oxygen atoms in total. The Morgan fingerprint density at radius 3 is 0.915 bits per heavy atom. The van der Waals surface area contributed by atoms with Crippen molar-refractivity contribution in [3.8, 4) is 0 Å². The number of hydrogen-bond donors (Lipinski definition) is 0. The maximum Gasteiger partial charge on any atom is 0.306 e. The van der Waals surface area contributed by atoms with Gasteiger partial charge in [0.05, 0.1) is 0 Å². The van der Waals surface area contributed by atoms with Crippen molar-refractivity contribution >= 4 is 17.9 Å². The van der Waals surface area contributed by atoms with Crippen LogP contribution in [0.25, 0.3) is 0 Å². The number of hydrogen-bond acceptors (Lipinski definition) is 6. The van der Waals surface area contributed by atoms with Gasteiger partial charge in [-0.15, -0.1) is 0 Å². The topological polar surface area (TPSA) is 78.9 Å². The molecule has 0 aliphatic carbocycles. The molecular formula is C65H106O6. The largest absolute Gasteiger partial charge is 0.462 e. The van der Waals surface area contributed by atoms with Crippen LogP contribution in [0, 0.1) is 0 Å². The number of ether oxygens (including phenoxy) is 3. The van der Waals surface area contributed by atoms with Gasteiger partial charge in [-0.05, 0) is 109 Å². The van der Waals surface area contributed by atoms with Gasteiger partial charge in [-0.2, -0.15) is 0 Å². The highest BCUT2D eigenvalue weighted by atomic mass is 16.6. The lowest BCUT2D eigenvalue weighted by atomic mass is 10.1. The van der Waals surface area contributed by atoms with Crippen molar-refractivity contribution in [2.24, 2.45) is 0 Å². The van der Waals surface area contributed by atoms with E-state index < -0.39 is 6.10 Å². The third kappa shape index (κ3) is 56.6. The molecule has 0 saturated carbocycles. The molecule has 71 heavy (non-hydrogen) atoms. The summed E-state index contributed by atoms with van der Waals surface area (Å²) in [7, 11) is 0. The van der Waals surface area contributed by atoms with E-state index in [4.69, 9.17) is 14.2 Å². The molecule has 0 spiro atoms. The quantitative estimate of drug-likeness (QED) is 0.0261. The van der Waals surface area contributed by atoms with Gasteiger partial charge < -0.3 is 14.2 Å². The first-order valence-electron chi connectivity index (χ1n) is 29.0. The Balaban J connectivity index is 4.13. The predicted octanol–water partition coefficient (Wildman–Crippen LogP) is 19.6. The number of carbonyl (C=O) groups excluding carboxylic acids is 3. The van der Waals surface area contributed by atoms with Crippen LogP contribution >= 0.6 is 0 Å². The van der Waals surface area contributed by atoms with Gasteiger partial charge in [-0.25, -0.2) is 0 Å². The van der Waals surface area contributed by atoms with Crippen LogP contribution in [-0.2, 0) is 28.6 Å². The molecule has 0 aromatic heterocycles. The molecular weight excluding hydrogens is 877 g/mol. The maximum absolute atomic E-state index is 12.8. The van der Waals surface area contributed by atoms with Crippen molar-refractivity contribution in [1.82, 2.24) is 0 Å². The lowest BCUT2D eigenvalue weighted by molar-refractivity contribution is -0.167. The first kappa shape index (κ1) is 66.8. The molecule has 0 heterocycles. The van der Waals surface area contributed by atoms with Crippen LogP contribution in [0.2, 0.25) is 0 Å². The molecule has 0 aliphatic heterocycles. The summed E-state index contributed by atoms with van der Waals surface area (Å²) in [6.07, 6.45) is 80.8. The summed E-state index contributed by atoms with van der Waals surface area (Å²) < 4.78 is 16.7. The summed E-state index contributed by atoms with van der Waals surface area (Å²) in [6, 6.07) is 0. The van der Waals surface area contributed by atoms with Crippen LogP contribution in [0.1, 0.15) is 252 Å². The van der Waals surface area contributed by atoms with Crippen LogP contribution in [-0.4, -0.2) is 37.2 Å². The minimum absolute atomic E-state index is 0.0871. The highest BCUT2D eigenvalue weighted by Gasteiger charge is 2.19. The zero-order valence-corrected chi connectivity index (χ0v) is 45.9. The molecule has 0 bridgehead atoms. The van der Waals surface area contributed by atoms with E-state index in [0.717, 1.165) is 148 Å². The van der Waals surface area contributed by atoms with Gasteiger partial charge in [0.2, 0.25) is 0 Å². The van der Waals surface area contributed by atoms with Crippen LogP contribution in [0.4, 0.5) is 0 Å². The fourth-order valence-corrected chi connectivity index (χ4v) is 7.61. The first-order chi connectivity index (χ1) is 35.0. The van der Waals surface area contributed by atoms with Gasteiger partial charge in [0.15, 0.2) is 6.10 Å². The van der Waals surface area contributed by atoms with E-state index in [1.54, 1.807) is 0 Å². The fraction of sp³-hybridized carbons (Fsp3) is 0.646. The summed E-state index contributed by atoms with van der Waals surface area (Å²) in [4.78, 5) is 37.9. The third-order valence-corrected chi connectivity index (χ3v) is 11.9. The van der Waals surface area contributed by atoms with Crippen molar-refractivity contribution < 1.29 is 28.6 Å². The molecule has 0 aliphatic rings. The van der Waals surface area contributed by atoms with Crippen molar-refractivity contribution in [3.63, 3.8) is 0 Å². The lowest BCUT2D eigenvalue weighted by Crippen LogP contribution is -2.30. The van der Waals surface area contributed by atoms with Gasteiger partial charge in [-0.1, -0.05) is 245 Å². The molecule has 0 aromatic carbocycles. The Bertz CT molecular complexity index is 1500. The van der Waals surface area contributed by atoms with Crippen molar-refractivity contribution in [2.45, 2.75) is 258 Å². The standard InChI is InChI=1S/C65H106O6/c1-4-7-10-13-16-18-20-22-23-24-25-26-27-28-29-30-31-32-33-34-35-36-37-38-39-40-41-43-44-46-49-52-55-58-64(67)70-61-62(60-69-63(66)57-54-51-48-15-12-9-6-3)71-65(68)59-56-53-50-47-45-42-21-19-17-14-11-8-5-2/h7,10-11,14,16,18-19,21-23,25-26,28-29,31-32,34-35,37-38,62H,4-6,8-9,12-13,15,17,20,24,27,30,33,36,39-61H2,1-3H3/b10-7-,14-11-,18-16-,21-19-,23-22-,26-25-,29-28-,32-31-,35-34-,38-37-. The third-order valence-electron chi connectivity index (χ3n) is 11.9. The Morgan fingerprint density at radius 1 is 0.296 bits per heavy atom. The fourth-order valence-electron chi connectivity index (χ4n) is 7.61. The highest BCUT2D eigenvalue weighted by Crippen LogP contribution is 2.14. The van der Waals surface area contributed by atoms with Crippen molar-refractivity contribution in [2.75, 3.05) is 13.2 Å². The molecule has 0 rings (SSSR count). The van der Waals surface area contributed by atoms with Crippen LogP contribution in [0.15, 0.2) is 122 Å². The van der Waals surface area contributed by atoms with E-state index in [0.29, 0.717) is 19.3 Å². The zero-order chi connectivity index (χ0) is 51.4. The minimum Gasteiger partial charge on any atom is -0.462 e. The van der Waals surface area contributed by atoms with Gasteiger partial charge in [0, 0.05) is 19.3 Å². The summed E-state index contributed by atoms with van der Waals surface area (Å²) in [6.45, 7) is 6.39. The van der Waals surface area contributed by atoms with E-state index in [9.17, 15) is 14.4 Å². The second-order valence-electron chi connectivity index (χ2n) is 18.8. The molecule has 6 heteroatoms. The first-order valence-corrected chi connectivity index (χ1v) is 29.0. The molecule has 1 unspecified atom stereocenters. The molecule has 0 N–H and O–H groups in total. The zero-order valence-electron chi connectivity index (χ0n) is 45.9. The number of rotatable bonds is 51. The van der Waals surface area contributed by atoms with Crippen molar-refractivity contribution in [1.29, 1.82) is 0 Å². The van der Waals surface area contributed by atoms with Gasteiger partial charge >= 0.3 is 17.9 Å². The summed E-state index contributed by atoms with van der Waals surface area (Å²) in [5.74, 6) is -0.921. The van der Waals surface area contributed by atoms with Crippen molar-refractivity contribution in [3.05, 3.63) is 122 Å². The monoisotopic (exact) mass is 983 g/mol. The average Bonchev–Trinajstić information content (AvgIpc) is 3.37. The molecule has 0 fully saturated rings. The Labute approximate surface area is 437 Å². The normalized spacial score (nSPS) is 13.0. The summed E-state index contributed by atoms with van der Waals surface area (Å²) in [5.41, 5.74) is 0. The highest BCUT2D eigenvalue weighted by molar-refractivity contribution is 5.71. The predicted molar refractivity (Wildman–Crippen MR) is 306 cm³/mol. The number of allylic oxidation sites excluding steroid dienone is 20. The number of esters is 3. The smallest absolute Gasteiger partial charge is 0.306 e. The van der Waals surface area contributed by atoms with Gasteiger partial charge in [0.1, 0.15) is 13.2 Å². The minimum atomic E-state index is -0.787. The lowest BCUT2D eigenvalue weighted by Gasteiger charge is -2.18. The number of unbranched alkanes of at least 4 members (excludes halogenated alkanes) is 20. The van der Waals surface area contributed by atoms with Crippen LogP contribution in [0.5, 0.6) is 0 Å². The second kappa shape index (κ2) is 58.4. The molecule has 0 amide bonds. The average molecular weight is 984 g/mol. The van der Waals surface area contributed by atoms with Gasteiger partial charge in [-0.3, -0.25) is 14.4 Å². The van der Waals surface area contributed by atoms with Crippen LogP contribution in [0.3, 0.4) is 0 Å². The Kier molecular flexibility index (Phi) is 54.9. The molecule has 402 valence electrons. The Morgan fingerprint density at radius 2 is 0.577 bits per heavy atom. The van der Waals surface area contributed by atoms with E-state index in [1.807, 2.05) is 0 Å². The second-order valence-corrected chi connectivity index (χ2v) is 18.8. The molecule has 0 radical (unpaired) electrons. The number of carbonyl (C=O) groups is 3. The summed E-state index contributed by atoms with van der Waals surface area (Å²) >= 11 is 0. The van der Waals surface area contributed by atoms with E-state index in [2.05, 4.69) is 142 Å². The molecule has 1 atom stereocenters. The Hall–Kier alpha value is -4.19. The molecule has 0 saturated heterocycles. The SMILES string of the molecule is CC/C=C\C/C=C\C/C=C\C/C=C\C/C=C\C/C=C\C/C=C\C/C=C\CCCCCCCCCCC(=O)OCC(COC(=O)CCCCCCCCC)OC(=O)CCCCCCC/C=C\C/C=C\CCC. The maximum atomic E-state index is 12.8.